The molecule has 30 heavy (non-hydrogen) atoms. The van der Waals surface area contributed by atoms with Crippen molar-refractivity contribution in [3.63, 3.8) is 0 Å². The molecule has 2 saturated carbocycles. The van der Waals surface area contributed by atoms with E-state index in [1.54, 1.807) is 0 Å². The van der Waals surface area contributed by atoms with Crippen molar-refractivity contribution in [1.82, 2.24) is 10.2 Å². The van der Waals surface area contributed by atoms with Crippen LogP contribution in [0.15, 0.2) is 24.3 Å². The second kappa shape index (κ2) is 6.88. The van der Waals surface area contributed by atoms with Gasteiger partial charge >= 0.3 is 0 Å². The summed E-state index contributed by atoms with van der Waals surface area (Å²) in [5.74, 6) is 1.59. The maximum absolute atomic E-state index is 11.5. The number of nitrogens with one attached hydrogen (secondary N) is 1. The van der Waals surface area contributed by atoms with E-state index in [9.17, 15) is 9.90 Å². The molecule has 2 aliphatic carbocycles. The molecule has 3 heterocycles. The molecule has 5 fully saturated rings. The molecule has 0 radical (unpaired) electrons. The molecule has 2 N–H and O–H groups in total. The Morgan fingerprint density at radius 1 is 1.13 bits per heavy atom. The van der Waals surface area contributed by atoms with Crippen molar-refractivity contribution in [3.05, 3.63) is 35.4 Å². The Labute approximate surface area is 180 Å². The number of rotatable bonds is 4. The van der Waals surface area contributed by atoms with Crippen LogP contribution in [0, 0.1) is 17.3 Å². The van der Waals surface area contributed by atoms with Crippen LogP contribution in [0.1, 0.15) is 86.6 Å². The lowest BCUT2D eigenvalue weighted by molar-refractivity contribution is 0.0243. The third-order valence-electron chi connectivity index (χ3n) is 9.93. The minimum atomic E-state index is -0.590. The SMILES string of the molecule is C[C@H](c1ccc(C=O)cc1)[C@@H]1C[C@@H]([C@@H]2CC[C@H]3CCC4(CCCC4)[C@@H]3N2)[C@]2(O)CN12. The third kappa shape index (κ3) is 2.79. The Hall–Kier alpha value is -1.23. The lowest BCUT2D eigenvalue weighted by Crippen LogP contribution is -2.56. The Morgan fingerprint density at radius 2 is 1.90 bits per heavy atom. The van der Waals surface area contributed by atoms with Crippen molar-refractivity contribution < 1.29 is 9.90 Å². The summed E-state index contributed by atoms with van der Waals surface area (Å²) in [6, 6.07) is 9.58. The van der Waals surface area contributed by atoms with Crippen LogP contribution in [0.3, 0.4) is 0 Å². The van der Waals surface area contributed by atoms with Crippen LogP contribution >= 0.6 is 0 Å². The molecule has 1 aromatic rings. The fourth-order valence-electron chi connectivity index (χ4n) is 8.17. The van der Waals surface area contributed by atoms with Crippen molar-refractivity contribution in [2.24, 2.45) is 17.3 Å². The highest BCUT2D eigenvalue weighted by atomic mass is 16.3. The van der Waals surface area contributed by atoms with Crippen LogP contribution in [-0.4, -0.2) is 46.7 Å². The predicted octanol–water partition coefficient (Wildman–Crippen LogP) is 4.09. The molecule has 4 heteroatoms. The van der Waals surface area contributed by atoms with E-state index >= 15 is 0 Å². The normalized spacial score (nSPS) is 44.6. The summed E-state index contributed by atoms with van der Waals surface area (Å²) in [4.78, 5) is 13.3. The number of aldehydes is 1. The number of carbonyl (C=O) groups excluding carboxylic acids is 1. The zero-order chi connectivity index (χ0) is 20.5. The Bertz CT molecular complexity index is 817. The summed E-state index contributed by atoms with van der Waals surface area (Å²) in [5, 5.41) is 15.6. The zero-order valence-electron chi connectivity index (χ0n) is 18.2. The van der Waals surface area contributed by atoms with Gasteiger partial charge < -0.3 is 10.4 Å². The number of aliphatic hydroxyl groups is 1. The first-order valence-corrected chi connectivity index (χ1v) is 12.3. The average molecular weight is 409 g/mol. The Balaban J connectivity index is 1.19. The van der Waals surface area contributed by atoms with E-state index in [2.05, 4.69) is 29.3 Å². The van der Waals surface area contributed by atoms with Crippen molar-refractivity contribution in [1.29, 1.82) is 0 Å². The number of nitrogens with zero attached hydrogens (tertiary/aromatic N) is 1. The molecule has 1 unspecified atom stereocenters. The van der Waals surface area contributed by atoms with E-state index in [4.69, 9.17) is 0 Å². The summed E-state index contributed by atoms with van der Waals surface area (Å²) in [6.07, 6.45) is 13.1. The maximum atomic E-state index is 11.5. The molecular formula is C26H36N2O2. The van der Waals surface area contributed by atoms with Crippen molar-refractivity contribution in [3.8, 4) is 0 Å². The lowest BCUT2D eigenvalue weighted by atomic mass is 9.73. The van der Waals surface area contributed by atoms with E-state index in [1.165, 1.54) is 56.9 Å². The van der Waals surface area contributed by atoms with Crippen LogP contribution < -0.4 is 5.32 Å². The molecule has 1 aromatic carbocycles. The topological polar surface area (TPSA) is 52.3 Å². The van der Waals surface area contributed by atoms with Gasteiger partial charge in [-0.05, 0) is 67.8 Å². The molecule has 8 atom stereocenters. The molecule has 4 nitrogen and oxygen atoms in total. The fraction of sp³-hybridized carbons (Fsp3) is 0.731. The molecule has 3 saturated heterocycles. The van der Waals surface area contributed by atoms with E-state index in [1.807, 2.05) is 12.1 Å². The predicted molar refractivity (Wildman–Crippen MR) is 117 cm³/mol. The van der Waals surface area contributed by atoms with Gasteiger partial charge in [0, 0.05) is 36.2 Å². The van der Waals surface area contributed by atoms with E-state index in [0.717, 1.165) is 30.7 Å². The first kappa shape index (κ1) is 19.5. The quantitative estimate of drug-likeness (QED) is 0.582. The summed E-state index contributed by atoms with van der Waals surface area (Å²) in [7, 11) is 0. The molecule has 0 amide bonds. The first-order valence-electron chi connectivity index (χ1n) is 12.3. The summed E-state index contributed by atoms with van der Waals surface area (Å²) < 4.78 is 0. The van der Waals surface area contributed by atoms with Gasteiger partial charge in [0.15, 0.2) is 0 Å². The molecular weight excluding hydrogens is 372 g/mol. The largest absolute Gasteiger partial charge is 0.374 e. The van der Waals surface area contributed by atoms with Crippen LogP contribution in [0.4, 0.5) is 0 Å². The van der Waals surface area contributed by atoms with Crippen LogP contribution in [0.25, 0.3) is 0 Å². The highest BCUT2D eigenvalue weighted by Gasteiger charge is 2.67. The standard InChI is InChI=1S/C26H36N2O2/c1-17(19-6-4-18(15-29)5-7-19)23-14-21(26(30)16-28(23)26)22-9-8-20-10-13-25(24(20)27-22)11-2-3-12-25/h4-7,15,17,20-24,27,30H,2-3,8-14,16H2,1H3/t17-,20+,21+,22+,23+,24-,26-,28?/m1/s1. The number of benzene rings is 1. The van der Waals surface area contributed by atoms with Crippen LogP contribution in [0.2, 0.25) is 0 Å². The lowest BCUT2D eigenvalue weighted by Gasteiger charge is -2.44. The number of hydrogen-bond acceptors (Lipinski definition) is 4. The third-order valence-corrected chi connectivity index (χ3v) is 9.93. The van der Waals surface area contributed by atoms with Crippen LogP contribution in [-0.2, 0) is 0 Å². The zero-order valence-corrected chi connectivity index (χ0v) is 18.2. The summed E-state index contributed by atoms with van der Waals surface area (Å²) in [6.45, 7) is 3.12. The molecule has 162 valence electrons. The highest BCUT2D eigenvalue weighted by Crippen LogP contribution is 2.58. The van der Waals surface area contributed by atoms with E-state index < -0.39 is 5.72 Å². The van der Waals surface area contributed by atoms with Gasteiger partial charge in [-0.3, -0.25) is 9.69 Å². The van der Waals surface area contributed by atoms with Crippen molar-refractivity contribution in [2.75, 3.05) is 6.54 Å². The summed E-state index contributed by atoms with van der Waals surface area (Å²) in [5.41, 5.74) is 1.99. The number of piperidine rings is 2. The highest BCUT2D eigenvalue weighted by molar-refractivity contribution is 5.74. The van der Waals surface area contributed by atoms with Crippen molar-refractivity contribution >= 4 is 6.29 Å². The van der Waals surface area contributed by atoms with Gasteiger partial charge in [0.2, 0.25) is 0 Å². The van der Waals surface area contributed by atoms with E-state index in [-0.39, 0.29) is 0 Å². The average Bonchev–Trinajstić information content (AvgIpc) is 3.12. The van der Waals surface area contributed by atoms with Gasteiger partial charge in [-0.25, -0.2) is 0 Å². The van der Waals surface area contributed by atoms with Gasteiger partial charge in [0.1, 0.15) is 12.0 Å². The molecule has 5 aliphatic rings. The molecule has 1 spiro atoms. The molecule has 0 aromatic heterocycles. The minimum Gasteiger partial charge on any atom is -0.374 e. The van der Waals surface area contributed by atoms with Gasteiger partial charge in [0.25, 0.3) is 0 Å². The van der Waals surface area contributed by atoms with Crippen LogP contribution in [0.5, 0.6) is 0 Å². The van der Waals surface area contributed by atoms with Gasteiger partial charge in [-0.2, -0.15) is 0 Å². The number of hydrogen-bond donors (Lipinski definition) is 2. The maximum Gasteiger partial charge on any atom is 0.150 e. The molecule has 3 aliphatic heterocycles. The summed E-state index contributed by atoms with van der Waals surface area (Å²) >= 11 is 0. The fourth-order valence-corrected chi connectivity index (χ4v) is 8.17. The smallest absolute Gasteiger partial charge is 0.150 e. The first-order chi connectivity index (χ1) is 14.5. The monoisotopic (exact) mass is 408 g/mol. The second-order valence-electron chi connectivity index (χ2n) is 11.2. The Morgan fingerprint density at radius 3 is 2.63 bits per heavy atom. The van der Waals surface area contributed by atoms with Gasteiger partial charge in [-0.1, -0.05) is 44.0 Å². The minimum absolute atomic E-state index is 0.346. The number of carbonyl (C=O) groups is 1. The second-order valence-corrected chi connectivity index (χ2v) is 11.2. The van der Waals surface area contributed by atoms with Crippen molar-refractivity contribution in [2.45, 2.75) is 94.5 Å². The Kier molecular flexibility index (Phi) is 4.46. The van der Waals surface area contributed by atoms with E-state index in [0.29, 0.717) is 35.4 Å². The number of fused-ring (bicyclic) bond motifs is 3. The molecule has 0 bridgehead atoms. The van der Waals surface area contributed by atoms with Gasteiger partial charge in [-0.15, -0.1) is 0 Å². The molecule has 6 rings (SSSR count). The van der Waals surface area contributed by atoms with Gasteiger partial charge in [0.05, 0.1) is 0 Å².